The van der Waals surface area contributed by atoms with Crippen molar-refractivity contribution in [2.75, 3.05) is 13.7 Å². The molecule has 2 aromatic carbocycles. The summed E-state index contributed by atoms with van der Waals surface area (Å²) in [7, 11) is 1.55. The lowest BCUT2D eigenvalue weighted by Gasteiger charge is -2.11. The molecule has 0 fully saturated rings. The van der Waals surface area contributed by atoms with Crippen LogP contribution in [0.5, 0.6) is 11.5 Å². The van der Waals surface area contributed by atoms with E-state index < -0.39 is 11.9 Å². The molecular weight excluding hydrogens is 528 g/mol. The Morgan fingerprint density at radius 2 is 1.34 bits per heavy atom. The molecule has 4 rings (SSSR count). The first-order chi connectivity index (χ1) is 18.2. The Balaban J connectivity index is 1.36. The maximum Gasteiger partial charge on any atom is 0.303 e. The number of carbonyl (C=O) groups excluding carboxylic acids is 2. The minimum atomic E-state index is -1.00. The van der Waals surface area contributed by atoms with Gasteiger partial charge in [0, 0.05) is 28.3 Å². The zero-order chi connectivity index (χ0) is 27.2. The number of hydrogen-bond acceptors (Lipinski definition) is 8. The number of thiophene rings is 2. The molecule has 0 bridgehead atoms. The normalized spacial score (nSPS) is 11.1. The van der Waals surface area contributed by atoms with Gasteiger partial charge >= 0.3 is 11.9 Å². The molecule has 2 heterocycles. The number of rotatable bonds is 14. The first-order valence-corrected chi connectivity index (χ1v) is 13.6. The molecule has 0 aliphatic rings. The van der Waals surface area contributed by atoms with Gasteiger partial charge in [-0.05, 0) is 53.4 Å². The fraction of sp³-hybridized carbons (Fsp3) is 0.286. The van der Waals surface area contributed by atoms with Crippen LogP contribution in [0.3, 0.4) is 0 Å². The molecule has 0 aliphatic heterocycles. The molecule has 0 saturated heterocycles. The van der Waals surface area contributed by atoms with E-state index >= 15 is 0 Å². The Morgan fingerprint density at radius 1 is 0.737 bits per heavy atom. The molecule has 198 valence electrons. The number of carboxylic acid groups (broad SMARTS) is 2. The summed E-state index contributed by atoms with van der Waals surface area (Å²) < 4.78 is 13.3. The largest absolute Gasteiger partial charge is 0.493 e. The minimum absolute atomic E-state index is 0.00463. The Morgan fingerprint density at radius 3 is 1.95 bits per heavy atom. The van der Waals surface area contributed by atoms with E-state index in [1.54, 1.807) is 13.2 Å². The maximum absolute atomic E-state index is 12.3. The number of ketones is 2. The lowest BCUT2D eigenvalue weighted by molar-refractivity contribution is -0.137. The van der Waals surface area contributed by atoms with Gasteiger partial charge in [0.15, 0.2) is 23.1 Å². The van der Waals surface area contributed by atoms with Crippen molar-refractivity contribution in [3.8, 4) is 11.5 Å². The van der Waals surface area contributed by atoms with Crippen LogP contribution in [-0.4, -0.2) is 47.4 Å². The molecule has 0 amide bonds. The van der Waals surface area contributed by atoms with E-state index in [1.807, 2.05) is 36.4 Å². The van der Waals surface area contributed by atoms with Gasteiger partial charge in [0.2, 0.25) is 0 Å². The zero-order valence-corrected chi connectivity index (χ0v) is 22.3. The van der Waals surface area contributed by atoms with E-state index in [4.69, 9.17) is 19.7 Å². The molecule has 2 N–H and O–H groups in total. The number of methoxy groups -OCH3 is 1. The highest BCUT2D eigenvalue weighted by Crippen LogP contribution is 2.37. The Bertz CT molecular complexity index is 1510. The summed E-state index contributed by atoms with van der Waals surface area (Å²) in [5, 5.41) is 19.4. The molecule has 0 saturated carbocycles. The van der Waals surface area contributed by atoms with Crippen LogP contribution in [0, 0.1) is 0 Å². The molecule has 10 heteroatoms. The molecule has 0 spiro atoms. The molecule has 0 atom stereocenters. The summed E-state index contributed by atoms with van der Waals surface area (Å²) in [5.74, 6) is -1.21. The topological polar surface area (TPSA) is 127 Å². The first kappa shape index (κ1) is 27.3. The van der Waals surface area contributed by atoms with Gasteiger partial charge in [0.05, 0.1) is 36.3 Å². The highest BCUT2D eigenvalue weighted by Gasteiger charge is 2.16. The highest BCUT2D eigenvalue weighted by atomic mass is 32.1. The summed E-state index contributed by atoms with van der Waals surface area (Å²) in [5.41, 5.74) is 1.10. The van der Waals surface area contributed by atoms with Gasteiger partial charge < -0.3 is 19.7 Å². The number of ether oxygens (including phenoxy) is 2. The third-order valence-corrected chi connectivity index (χ3v) is 8.23. The van der Waals surface area contributed by atoms with Crippen LogP contribution in [-0.2, 0) is 16.0 Å². The van der Waals surface area contributed by atoms with Crippen LogP contribution < -0.4 is 9.47 Å². The minimum Gasteiger partial charge on any atom is -0.493 e. The molecule has 0 aliphatic carbocycles. The quantitative estimate of drug-likeness (QED) is 0.139. The molecule has 38 heavy (non-hydrogen) atoms. The zero-order valence-electron chi connectivity index (χ0n) is 20.7. The van der Waals surface area contributed by atoms with Crippen molar-refractivity contribution in [3.05, 3.63) is 57.8 Å². The molecule has 2 aromatic heterocycles. The molecule has 4 aromatic rings. The van der Waals surface area contributed by atoms with E-state index in [0.29, 0.717) is 27.9 Å². The second kappa shape index (κ2) is 12.2. The summed E-state index contributed by atoms with van der Waals surface area (Å²) >= 11 is 2.68. The van der Waals surface area contributed by atoms with Crippen molar-refractivity contribution in [1.29, 1.82) is 0 Å². The average molecular weight is 555 g/mol. The van der Waals surface area contributed by atoms with E-state index in [-0.39, 0.29) is 37.2 Å². The molecular formula is C28H26O8S2. The number of carbonyl (C=O) groups is 4. The third-order valence-electron chi connectivity index (χ3n) is 5.93. The number of carboxylic acids is 2. The smallest absolute Gasteiger partial charge is 0.303 e. The van der Waals surface area contributed by atoms with E-state index in [1.165, 1.54) is 22.7 Å². The van der Waals surface area contributed by atoms with Crippen LogP contribution in [0.2, 0.25) is 0 Å². The van der Waals surface area contributed by atoms with Gasteiger partial charge in [-0.3, -0.25) is 19.2 Å². The van der Waals surface area contributed by atoms with E-state index in [0.717, 1.165) is 38.6 Å². The number of fused-ring (bicyclic) bond motifs is 2. The van der Waals surface area contributed by atoms with Crippen molar-refractivity contribution >= 4 is 66.4 Å². The predicted octanol–water partition coefficient (Wildman–Crippen LogP) is 6.23. The summed E-state index contributed by atoms with van der Waals surface area (Å²) in [6.45, 7) is 0.441. The van der Waals surface area contributed by atoms with E-state index in [9.17, 15) is 19.2 Å². The first-order valence-electron chi connectivity index (χ1n) is 12.0. The lowest BCUT2D eigenvalue weighted by Crippen LogP contribution is -2.01. The van der Waals surface area contributed by atoms with Gasteiger partial charge in [0.25, 0.3) is 0 Å². The highest BCUT2D eigenvalue weighted by molar-refractivity contribution is 7.21. The summed E-state index contributed by atoms with van der Waals surface area (Å²) in [6, 6.07) is 13.3. The second-order valence-electron chi connectivity index (χ2n) is 8.72. The van der Waals surface area contributed by atoms with Crippen molar-refractivity contribution in [2.24, 2.45) is 0 Å². The van der Waals surface area contributed by atoms with Crippen LogP contribution in [0.25, 0.3) is 20.2 Å². The number of hydrogen-bond donors (Lipinski definition) is 2. The Kier molecular flexibility index (Phi) is 8.75. The maximum atomic E-state index is 12.3. The van der Waals surface area contributed by atoms with Gasteiger partial charge in [-0.15, -0.1) is 22.7 Å². The average Bonchev–Trinajstić information content (AvgIpc) is 3.51. The number of aryl methyl sites for hydroxylation is 1. The van der Waals surface area contributed by atoms with Gasteiger partial charge in [-0.25, -0.2) is 0 Å². The predicted molar refractivity (Wildman–Crippen MR) is 146 cm³/mol. The Hall–Kier alpha value is -3.76. The summed E-state index contributed by atoms with van der Waals surface area (Å²) in [4.78, 5) is 47.2. The van der Waals surface area contributed by atoms with Crippen LogP contribution in [0.1, 0.15) is 57.0 Å². The third kappa shape index (κ3) is 6.76. The van der Waals surface area contributed by atoms with Crippen molar-refractivity contribution in [1.82, 2.24) is 0 Å². The van der Waals surface area contributed by atoms with Gasteiger partial charge in [-0.1, -0.05) is 12.1 Å². The number of Topliss-reactive ketones (excluding diaryl/α,β-unsaturated/α-hetero) is 2. The van der Waals surface area contributed by atoms with Crippen molar-refractivity contribution < 1.29 is 38.9 Å². The molecule has 0 radical (unpaired) electrons. The number of benzene rings is 2. The fourth-order valence-electron chi connectivity index (χ4n) is 3.99. The second-order valence-corrected chi connectivity index (χ2v) is 10.9. The summed E-state index contributed by atoms with van der Waals surface area (Å²) in [6.07, 6.45) is 1.09. The standard InChI is InChI=1S/C28H26O8S2/c1-35-21-15-24-18(14-26(38-24)20(30)6-9-28(33)34)12-22(21)36-10-2-3-16-4-7-23-17(11-16)13-25(37-23)19(29)5-8-27(31)32/h4,7,11-15H,2-3,5-6,8-10H2,1H3,(H,31,32)(H,33,34). The van der Waals surface area contributed by atoms with Crippen LogP contribution in [0.15, 0.2) is 42.5 Å². The molecule has 8 nitrogen and oxygen atoms in total. The Labute approximate surface area is 226 Å². The van der Waals surface area contributed by atoms with Gasteiger partial charge in [-0.2, -0.15) is 0 Å². The van der Waals surface area contributed by atoms with Crippen molar-refractivity contribution in [3.63, 3.8) is 0 Å². The van der Waals surface area contributed by atoms with Crippen LogP contribution in [0.4, 0.5) is 0 Å². The number of aliphatic carboxylic acids is 2. The van der Waals surface area contributed by atoms with Crippen molar-refractivity contribution in [2.45, 2.75) is 38.5 Å². The monoisotopic (exact) mass is 554 g/mol. The fourth-order valence-corrected chi connectivity index (χ4v) is 6.04. The van der Waals surface area contributed by atoms with Crippen LogP contribution >= 0.6 is 22.7 Å². The molecule has 0 unspecified atom stereocenters. The van der Waals surface area contributed by atoms with E-state index in [2.05, 4.69) is 0 Å². The SMILES string of the molecule is COc1cc2sc(C(=O)CCC(=O)O)cc2cc1OCCCc1ccc2sc(C(=O)CCC(=O)O)cc2c1. The van der Waals surface area contributed by atoms with Gasteiger partial charge in [0.1, 0.15) is 0 Å². The lowest BCUT2D eigenvalue weighted by atomic mass is 10.1.